The van der Waals surface area contributed by atoms with Gasteiger partial charge in [0, 0.05) is 18.9 Å². The van der Waals surface area contributed by atoms with Crippen LogP contribution in [0.1, 0.15) is 12.2 Å². The molecule has 4 heteroatoms. The van der Waals surface area contributed by atoms with E-state index in [0.717, 1.165) is 37.7 Å². The molecule has 0 bridgehead atoms. The largest absolute Gasteiger partial charge is 0.494 e. The lowest BCUT2D eigenvalue weighted by molar-refractivity contribution is 0.301. The molecule has 1 N–H and O–H groups in total. The number of imidazole rings is 1. The van der Waals surface area contributed by atoms with E-state index in [2.05, 4.69) is 14.9 Å². The highest BCUT2D eigenvalue weighted by molar-refractivity contribution is 5.20. The number of benzene rings is 1. The van der Waals surface area contributed by atoms with Crippen molar-refractivity contribution in [3.63, 3.8) is 0 Å². The molecule has 0 spiro atoms. The normalized spacial score (nSPS) is 10.5. The lowest BCUT2D eigenvalue weighted by Crippen LogP contribution is -2.13. The van der Waals surface area contributed by atoms with Crippen LogP contribution in [0.15, 0.2) is 42.7 Å². The summed E-state index contributed by atoms with van der Waals surface area (Å²) in [4.78, 5) is 4.30. The van der Waals surface area contributed by atoms with E-state index in [9.17, 15) is 0 Å². The van der Waals surface area contributed by atoms with Gasteiger partial charge in [-0.05, 0) is 25.6 Å². The molecule has 0 unspecified atom stereocenters. The Morgan fingerprint density at radius 3 is 2.89 bits per heavy atom. The summed E-state index contributed by atoms with van der Waals surface area (Å²) < 4.78 is 7.81. The predicted octanol–water partition coefficient (Wildman–Crippen LogP) is 2.07. The van der Waals surface area contributed by atoms with Crippen LogP contribution < -0.4 is 10.1 Å². The van der Waals surface area contributed by atoms with Crippen molar-refractivity contribution in [3.05, 3.63) is 48.5 Å². The van der Waals surface area contributed by atoms with Crippen LogP contribution in [0.4, 0.5) is 0 Å². The number of aryl methyl sites for hydroxylation is 1. The Morgan fingerprint density at radius 1 is 1.28 bits per heavy atom. The Balaban J connectivity index is 1.73. The summed E-state index contributed by atoms with van der Waals surface area (Å²) in [7, 11) is 1.93. The molecule has 96 valence electrons. The van der Waals surface area contributed by atoms with Gasteiger partial charge in [0.1, 0.15) is 11.6 Å². The van der Waals surface area contributed by atoms with E-state index in [1.807, 2.05) is 49.8 Å². The summed E-state index contributed by atoms with van der Waals surface area (Å²) >= 11 is 0. The molecule has 0 amide bonds. The molecule has 0 aliphatic rings. The molecule has 0 saturated heterocycles. The second-order valence-electron chi connectivity index (χ2n) is 4.08. The first-order valence-electron chi connectivity index (χ1n) is 6.22. The van der Waals surface area contributed by atoms with Gasteiger partial charge in [-0.3, -0.25) is 0 Å². The molecule has 0 radical (unpaired) electrons. The number of hydrogen-bond acceptors (Lipinski definition) is 3. The van der Waals surface area contributed by atoms with Crippen molar-refractivity contribution < 1.29 is 4.74 Å². The van der Waals surface area contributed by atoms with Crippen LogP contribution in [0, 0.1) is 0 Å². The lowest BCUT2D eigenvalue weighted by atomic mass is 10.3. The monoisotopic (exact) mass is 245 g/mol. The van der Waals surface area contributed by atoms with E-state index in [4.69, 9.17) is 4.74 Å². The first-order chi connectivity index (χ1) is 8.90. The molecule has 18 heavy (non-hydrogen) atoms. The number of rotatable bonds is 7. The lowest BCUT2D eigenvalue weighted by Gasteiger charge is -2.08. The number of nitrogens with one attached hydrogen (secondary N) is 1. The van der Waals surface area contributed by atoms with Crippen molar-refractivity contribution in [2.45, 2.75) is 19.5 Å². The molecule has 2 rings (SSSR count). The van der Waals surface area contributed by atoms with Crippen molar-refractivity contribution >= 4 is 0 Å². The van der Waals surface area contributed by atoms with Crippen LogP contribution in [-0.4, -0.2) is 23.2 Å². The summed E-state index contributed by atoms with van der Waals surface area (Å²) in [5.41, 5.74) is 0. The van der Waals surface area contributed by atoms with E-state index >= 15 is 0 Å². The molecular weight excluding hydrogens is 226 g/mol. The maximum absolute atomic E-state index is 5.65. The first kappa shape index (κ1) is 12.6. The average Bonchev–Trinajstić information content (AvgIpc) is 2.84. The van der Waals surface area contributed by atoms with Gasteiger partial charge in [0.25, 0.3) is 0 Å². The zero-order valence-electron chi connectivity index (χ0n) is 10.7. The molecule has 4 nitrogen and oxygen atoms in total. The zero-order valence-corrected chi connectivity index (χ0v) is 10.7. The Bertz CT molecular complexity index is 453. The number of aromatic nitrogens is 2. The average molecular weight is 245 g/mol. The van der Waals surface area contributed by atoms with Crippen molar-refractivity contribution in [3.8, 4) is 5.75 Å². The molecular formula is C14H19N3O. The number of nitrogens with zero attached hydrogens (tertiary/aromatic N) is 2. The fraction of sp³-hybridized carbons (Fsp3) is 0.357. The SMILES string of the molecule is CNCc1nccn1CCCOc1ccccc1. The van der Waals surface area contributed by atoms with E-state index in [-0.39, 0.29) is 0 Å². The maximum Gasteiger partial charge on any atom is 0.122 e. The van der Waals surface area contributed by atoms with Crippen LogP contribution in [0.25, 0.3) is 0 Å². The Kier molecular flexibility index (Phi) is 4.78. The molecule has 2 aromatic rings. The standard InChI is InChI=1S/C14H19N3O/c1-15-12-14-16-8-10-17(14)9-5-11-18-13-6-3-2-4-7-13/h2-4,6-8,10,15H,5,9,11-12H2,1H3. The highest BCUT2D eigenvalue weighted by Crippen LogP contribution is 2.08. The third-order valence-electron chi connectivity index (χ3n) is 2.69. The highest BCUT2D eigenvalue weighted by Gasteiger charge is 2.00. The van der Waals surface area contributed by atoms with E-state index < -0.39 is 0 Å². The number of ether oxygens (including phenoxy) is 1. The van der Waals surface area contributed by atoms with Crippen molar-refractivity contribution in [1.82, 2.24) is 14.9 Å². The fourth-order valence-electron chi connectivity index (χ4n) is 1.81. The summed E-state index contributed by atoms with van der Waals surface area (Å²) in [6.07, 6.45) is 4.82. The van der Waals surface area contributed by atoms with E-state index in [1.165, 1.54) is 0 Å². The molecule has 0 atom stereocenters. The Morgan fingerprint density at radius 2 is 2.11 bits per heavy atom. The molecule has 0 aliphatic heterocycles. The van der Waals surface area contributed by atoms with Crippen LogP contribution >= 0.6 is 0 Å². The zero-order chi connectivity index (χ0) is 12.6. The highest BCUT2D eigenvalue weighted by atomic mass is 16.5. The van der Waals surface area contributed by atoms with Crippen LogP contribution in [0.2, 0.25) is 0 Å². The minimum absolute atomic E-state index is 0.723. The van der Waals surface area contributed by atoms with Gasteiger partial charge in [0.2, 0.25) is 0 Å². The second kappa shape index (κ2) is 6.81. The van der Waals surface area contributed by atoms with Crippen molar-refractivity contribution in [2.24, 2.45) is 0 Å². The minimum atomic E-state index is 0.723. The predicted molar refractivity (Wildman–Crippen MR) is 71.5 cm³/mol. The third kappa shape index (κ3) is 3.60. The summed E-state index contributed by atoms with van der Waals surface area (Å²) in [5.74, 6) is 2.00. The van der Waals surface area contributed by atoms with Gasteiger partial charge < -0.3 is 14.6 Å². The van der Waals surface area contributed by atoms with Crippen LogP contribution in [0.5, 0.6) is 5.75 Å². The van der Waals surface area contributed by atoms with E-state index in [0.29, 0.717) is 0 Å². The van der Waals surface area contributed by atoms with Gasteiger partial charge in [-0.15, -0.1) is 0 Å². The summed E-state index contributed by atoms with van der Waals surface area (Å²) in [6.45, 7) is 2.46. The van der Waals surface area contributed by atoms with Gasteiger partial charge >= 0.3 is 0 Å². The molecule has 1 aromatic carbocycles. The molecule has 1 heterocycles. The van der Waals surface area contributed by atoms with Gasteiger partial charge in [-0.1, -0.05) is 18.2 Å². The number of para-hydroxylation sites is 1. The smallest absolute Gasteiger partial charge is 0.122 e. The molecule has 0 aliphatic carbocycles. The fourth-order valence-corrected chi connectivity index (χ4v) is 1.81. The number of hydrogen-bond donors (Lipinski definition) is 1. The quantitative estimate of drug-likeness (QED) is 0.759. The Labute approximate surface area is 108 Å². The minimum Gasteiger partial charge on any atom is -0.494 e. The topological polar surface area (TPSA) is 39.1 Å². The molecule has 0 fully saturated rings. The van der Waals surface area contributed by atoms with E-state index in [1.54, 1.807) is 0 Å². The van der Waals surface area contributed by atoms with Crippen molar-refractivity contribution in [1.29, 1.82) is 0 Å². The molecule has 1 aromatic heterocycles. The summed E-state index contributed by atoms with van der Waals surface area (Å²) in [5, 5.41) is 3.11. The van der Waals surface area contributed by atoms with Gasteiger partial charge in [0.05, 0.1) is 13.2 Å². The van der Waals surface area contributed by atoms with Gasteiger partial charge in [0.15, 0.2) is 0 Å². The third-order valence-corrected chi connectivity index (χ3v) is 2.69. The van der Waals surface area contributed by atoms with Crippen LogP contribution in [-0.2, 0) is 13.1 Å². The maximum atomic E-state index is 5.65. The van der Waals surface area contributed by atoms with Gasteiger partial charge in [-0.2, -0.15) is 0 Å². The van der Waals surface area contributed by atoms with Crippen molar-refractivity contribution in [2.75, 3.05) is 13.7 Å². The van der Waals surface area contributed by atoms with Gasteiger partial charge in [-0.25, -0.2) is 4.98 Å². The Hall–Kier alpha value is -1.81. The molecule has 0 saturated carbocycles. The second-order valence-corrected chi connectivity index (χ2v) is 4.08. The van der Waals surface area contributed by atoms with Crippen LogP contribution in [0.3, 0.4) is 0 Å². The first-order valence-corrected chi connectivity index (χ1v) is 6.22. The summed E-state index contributed by atoms with van der Waals surface area (Å²) in [6, 6.07) is 9.90.